The van der Waals surface area contributed by atoms with Crippen LogP contribution in [0.2, 0.25) is 0 Å². The van der Waals surface area contributed by atoms with Crippen LogP contribution in [0.5, 0.6) is 0 Å². The van der Waals surface area contributed by atoms with E-state index in [1.54, 1.807) is 37.3 Å². The van der Waals surface area contributed by atoms with Gasteiger partial charge in [0.05, 0.1) is 0 Å². The van der Waals surface area contributed by atoms with Crippen molar-refractivity contribution in [3.63, 3.8) is 0 Å². The first-order valence-corrected chi connectivity index (χ1v) is 9.25. The van der Waals surface area contributed by atoms with Crippen LogP contribution in [0.1, 0.15) is 17.3 Å². The maximum atomic E-state index is 12.4. The van der Waals surface area contributed by atoms with Gasteiger partial charge in [0.25, 0.3) is 0 Å². The molecule has 1 N–H and O–H groups in total. The zero-order chi connectivity index (χ0) is 17.4. The molecule has 0 spiro atoms. The van der Waals surface area contributed by atoms with Crippen LogP contribution < -0.4 is 9.78 Å². The molecule has 0 unspecified atom stereocenters. The summed E-state index contributed by atoms with van der Waals surface area (Å²) < 4.78 is 6.04. The predicted octanol–water partition coefficient (Wildman–Crippen LogP) is 1.89. The number of esters is 1. The first-order valence-electron chi connectivity index (χ1n) is 7.40. The molecule has 124 valence electrons. The van der Waals surface area contributed by atoms with Crippen LogP contribution in [0.15, 0.2) is 71.7 Å². The van der Waals surface area contributed by atoms with Crippen molar-refractivity contribution in [1.82, 2.24) is 5.32 Å². The van der Waals surface area contributed by atoms with Gasteiger partial charge in [-0.05, 0) is 0 Å². The van der Waals surface area contributed by atoms with E-state index in [4.69, 9.17) is 4.74 Å². The molecule has 24 heavy (non-hydrogen) atoms. The fourth-order valence-corrected chi connectivity index (χ4v) is 3.72. The third-order valence-electron chi connectivity index (χ3n) is 3.37. The molecule has 2 rings (SSSR count). The summed E-state index contributed by atoms with van der Waals surface area (Å²) in [4.78, 5) is 26.4. The number of hydrogen-bond donors (Lipinski definition) is 1. The van der Waals surface area contributed by atoms with E-state index in [0.717, 1.165) is 0 Å². The van der Waals surface area contributed by atoms with E-state index in [1.807, 2.05) is 41.4 Å². The van der Waals surface area contributed by atoms with Crippen LogP contribution in [0, 0.1) is 0 Å². The van der Waals surface area contributed by atoms with Crippen molar-refractivity contribution in [3.05, 3.63) is 77.3 Å². The summed E-state index contributed by atoms with van der Waals surface area (Å²) in [6.07, 6.45) is 1.70. The van der Waals surface area contributed by atoms with Crippen molar-refractivity contribution in [3.8, 4) is 0 Å². The monoisotopic (exact) mass is 389 g/mol. The summed E-state index contributed by atoms with van der Waals surface area (Å²) in [5.74, 6) is -0.827. The van der Waals surface area contributed by atoms with Gasteiger partial charge in [-0.1, -0.05) is 0 Å². The number of amides is 1. The second kappa shape index (κ2) is 8.48. The first kappa shape index (κ1) is 18.0. The Labute approximate surface area is 148 Å². The van der Waals surface area contributed by atoms with Crippen molar-refractivity contribution in [1.29, 1.82) is 0 Å². The SMILES string of the molecule is COC(=O)[C@](C)(/C=C/[Se]c1ccccc1)NC(=O)c1ccccc1. The second-order valence-electron chi connectivity index (χ2n) is 5.25. The molecule has 0 heterocycles. The molecule has 2 aromatic carbocycles. The van der Waals surface area contributed by atoms with Crippen molar-refractivity contribution < 1.29 is 14.3 Å². The molecule has 0 aliphatic heterocycles. The van der Waals surface area contributed by atoms with Crippen molar-refractivity contribution in [2.45, 2.75) is 12.5 Å². The van der Waals surface area contributed by atoms with Crippen LogP contribution in [0.4, 0.5) is 0 Å². The molecular weight excluding hydrogens is 369 g/mol. The average Bonchev–Trinajstić information content (AvgIpc) is 2.62. The van der Waals surface area contributed by atoms with E-state index in [9.17, 15) is 9.59 Å². The molecule has 0 aliphatic rings. The normalized spacial score (nSPS) is 13.2. The van der Waals surface area contributed by atoms with E-state index in [0.29, 0.717) is 5.56 Å². The molecular formula is C19H19NO3Se. The Bertz CT molecular complexity index is 716. The predicted molar refractivity (Wildman–Crippen MR) is 95.3 cm³/mol. The standard InChI is InChI=1S/C19H19NO3Se/c1-19(18(22)23-2,13-14-24-16-11-7-4-8-12-16)20-17(21)15-9-5-3-6-10-15/h3-14H,1-2H3,(H,20,21)/b14-13+/t19-/m0/s1. The topological polar surface area (TPSA) is 55.4 Å². The van der Waals surface area contributed by atoms with Crippen molar-refractivity contribution in [2.75, 3.05) is 7.11 Å². The first-order chi connectivity index (χ1) is 11.5. The van der Waals surface area contributed by atoms with Gasteiger partial charge in [-0.15, -0.1) is 0 Å². The Morgan fingerprint density at radius 3 is 2.21 bits per heavy atom. The van der Waals surface area contributed by atoms with E-state index >= 15 is 0 Å². The van der Waals surface area contributed by atoms with E-state index in [1.165, 1.54) is 11.6 Å². The summed E-state index contributed by atoms with van der Waals surface area (Å²) in [6.45, 7) is 1.64. The fourth-order valence-electron chi connectivity index (χ4n) is 2.02. The van der Waals surface area contributed by atoms with Crippen LogP contribution in [-0.2, 0) is 9.53 Å². The quantitative estimate of drug-likeness (QED) is 0.608. The fraction of sp³-hybridized carbons (Fsp3) is 0.158. The Balaban J connectivity index is 2.13. The molecule has 0 aromatic heterocycles. The zero-order valence-electron chi connectivity index (χ0n) is 13.6. The summed E-state index contributed by atoms with van der Waals surface area (Å²) in [5.41, 5.74) is -0.715. The minimum atomic E-state index is -1.21. The zero-order valence-corrected chi connectivity index (χ0v) is 15.3. The third kappa shape index (κ3) is 4.82. The molecule has 1 atom stereocenters. The van der Waals surface area contributed by atoms with Crippen LogP contribution in [0.3, 0.4) is 0 Å². The van der Waals surface area contributed by atoms with Gasteiger partial charge in [0.1, 0.15) is 0 Å². The number of carbonyl (C=O) groups excluding carboxylic acids is 2. The molecule has 5 heteroatoms. The van der Waals surface area contributed by atoms with Gasteiger partial charge in [0.2, 0.25) is 0 Å². The Hall–Kier alpha value is -2.36. The minimum absolute atomic E-state index is 0.0635. The van der Waals surface area contributed by atoms with E-state index in [-0.39, 0.29) is 20.9 Å². The van der Waals surface area contributed by atoms with Crippen molar-refractivity contribution in [2.24, 2.45) is 0 Å². The van der Waals surface area contributed by atoms with Crippen LogP contribution >= 0.6 is 0 Å². The van der Waals surface area contributed by atoms with Gasteiger partial charge in [0.15, 0.2) is 0 Å². The summed E-state index contributed by atoms with van der Waals surface area (Å²) in [5, 5.41) is 2.76. The summed E-state index contributed by atoms with van der Waals surface area (Å²) in [6, 6.07) is 18.8. The molecule has 0 saturated carbocycles. The molecule has 0 aliphatic carbocycles. The number of nitrogens with one attached hydrogen (secondary N) is 1. The number of carbonyl (C=O) groups is 2. The molecule has 1 amide bonds. The van der Waals surface area contributed by atoms with Crippen LogP contribution in [-0.4, -0.2) is 39.5 Å². The molecule has 0 saturated heterocycles. The molecule has 2 aromatic rings. The number of ether oxygens (including phenoxy) is 1. The molecule has 0 fully saturated rings. The van der Waals surface area contributed by atoms with Crippen LogP contribution in [0.25, 0.3) is 0 Å². The van der Waals surface area contributed by atoms with Gasteiger partial charge in [-0.3, -0.25) is 0 Å². The van der Waals surface area contributed by atoms with Gasteiger partial charge < -0.3 is 0 Å². The molecule has 0 radical (unpaired) electrons. The van der Waals surface area contributed by atoms with Crippen molar-refractivity contribution >= 4 is 31.3 Å². The Morgan fingerprint density at radius 2 is 1.62 bits per heavy atom. The van der Waals surface area contributed by atoms with Gasteiger partial charge in [-0.25, -0.2) is 0 Å². The third-order valence-corrected chi connectivity index (χ3v) is 5.08. The number of hydrogen-bond acceptors (Lipinski definition) is 3. The Kier molecular flexibility index (Phi) is 6.35. The van der Waals surface area contributed by atoms with E-state index < -0.39 is 11.5 Å². The van der Waals surface area contributed by atoms with Gasteiger partial charge in [-0.2, -0.15) is 0 Å². The number of methoxy groups -OCH3 is 1. The van der Waals surface area contributed by atoms with Gasteiger partial charge in [0, 0.05) is 0 Å². The summed E-state index contributed by atoms with van der Waals surface area (Å²) in [7, 11) is 1.31. The molecule has 4 nitrogen and oxygen atoms in total. The average molecular weight is 388 g/mol. The Morgan fingerprint density at radius 1 is 1.04 bits per heavy atom. The number of rotatable bonds is 6. The summed E-state index contributed by atoms with van der Waals surface area (Å²) >= 11 is 0.0635. The van der Waals surface area contributed by atoms with E-state index in [2.05, 4.69) is 5.32 Å². The second-order valence-corrected chi connectivity index (χ2v) is 7.30. The number of benzene rings is 2. The van der Waals surface area contributed by atoms with Gasteiger partial charge >= 0.3 is 148 Å². The molecule has 0 bridgehead atoms. The maximum absolute atomic E-state index is 12.4.